The molecule has 3 aromatic carbocycles. The lowest BCUT2D eigenvalue weighted by Crippen LogP contribution is -2.54. The van der Waals surface area contributed by atoms with Crippen LogP contribution in [0.3, 0.4) is 0 Å². The summed E-state index contributed by atoms with van der Waals surface area (Å²) in [5.41, 5.74) is 1.75. The van der Waals surface area contributed by atoms with Gasteiger partial charge in [-0.05, 0) is 59.2 Å². The molecule has 0 aliphatic carbocycles. The highest BCUT2D eigenvalue weighted by molar-refractivity contribution is 6.39. The molecule has 166 valence electrons. The molecule has 4 rings (SSSR count). The second kappa shape index (κ2) is 9.26. The lowest BCUT2D eigenvalue weighted by atomic mass is 10.0. The largest absolute Gasteiger partial charge is 0.497 e. The van der Waals surface area contributed by atoms with Crippen LogP contribution in [0, 0.1) is 5.82 Å². The van der Waals surface area contributed by atoms with Crippen LogP contribution in [-0.2, 0) is 16.0 Å². The Bertz CT molecular complexity index is 1290. The van der Waals surface area contributed by atoms with Crippen molar-refractivity contribution in [3.8, 4) is 5.75 Å². The Morgan fingerprint density at radius 2 is 1.73 bits per heavy atom. The second-order valence-electron chi connectivity index (χ2n) is 7.27. The number of nitrogens with one attached hydrogen (secondary N) is 1. The second-order valence-corrected chi connectivity index (χ2v) is 7.68. The molecule has 1 aliphatic heterocycles. The van der Waals surface area contributed by atoms with E-state index in [0.29, 0.717) is 33.9 Å². The quantitative estimate of drug-likeness (QED) is 0.437. The predicted octanol–water partition coefficient (Wildman–Crippen LogP) is 4.74. The fourth-order valence-electron chi connectivity index (χ4n) is 3.43. The molecular weight excluding hydrogens is 447 g/mol. The molecule has 33 heavy (non-hydrogen) atoms. The van der Waals surface area contributed by atoms with Crippen molar-refractivity contribution in [1.82, 2.24) is 5.32 Å². The highest BCUT2D eigenvalue weighted by Gasteiger charge is 2.36. The first-order chi connectivity index (χ1) is 15.9. The van der Waals surface area contributed by atoms with Crippen molar-refractivity contribution >= 4 is 41.2 Å². The standard InChI is InChI=1S/C25H18ClFN2O4/c1-33-19-10-8-18(9-11-19)29-24(31)20(23(30)28-25(29)32)12-15-6-7-16(21(26)13-15)14-17-4-2-3-5-22(17)27/h2-13H,14H2,1H3,(H,28,30,32)/b20-12+. The molecular formula is C25H18ClFN2O4. The van der Waals surface area contributed by atoms with Crippen molar-refractivity contribution < 1.29 is 23.5 Å². The summed E-state index contributed by atoms with van der Waals surface area (Å²) >= 11 is 6.38. The van der Waals surface area contributed by atoms with Crippen molar-refractivity contribution in [2.75, 3.05) is 12.0 Å². The third-order valence-electron chi connectivity index (χ3n) is 5.16. The molecule has 1 fully saturated rings. The summed E-state index contributed by atoms with van der Waals surface area (Å²) in [6.45, 7) is 0. The summed E-state index contributed by atoms with van der Waals surface area (Å²) in [5, 5.41) is 2.54. The van der Waals surface area contributed by atoms with Gasteiger partial charge in [-0.1, -0.05) is 41.9 Å². The molecule has 6 nitrogen and oxygen atoms in total. The number of hydrogen-bond acceptors (Lipinski definition) is 4. The molecule has 1 aliphatic rings. The number of ether oxygens (including phenoxy) is 1. The Kier molecular flexibility index (Phi) is 6.24. The number of urea groups is 1. The molecule has 8 heteroatoms. The van der Waals surface area contributed by atoms with Crippen LogP contribution < -0.4 is 15.0 Å². The summed E-state index contributed by atoms with van der Waals surface area (Å²) in [7, 11) is 1.50. The Labute approximate surface area is 194 Å². The highest BCUT2D eigenvalue weighted by Crippen LogP contribution is 2.26. The molecule has 1 saturated heterocycles. The summed E-state index contributed by atoms with van der Waals surface area (Å²) < 4.78 is 19.0. The molecule has 4 amide bonds. The van der Waals surface area contributed by atoms with Crippen LogP contribution in [0.2, 0.25) is 5.02 Å². The molecule has 0 spiro atoms. The SMILES string of the molecule is COc1ccc(N2C(=O)NC(=O)/C(=C\c3ccc(Cc4ccccc4F)c(Cl)c3)C2=O)cc1. The zero-order chi connectivity index (χ0) is 23.5. The Hall–Kier alpha value is -3.97. The minimum Gasteiger partial charge on any atom is -0.497 e. The zero-order valence-corrected chi connectivity index (χ0v) is 18.2. The topological polar surface area (TPSA) is 75.7 Å². The molecule has 1 heterocycles. The fourth-order valence-corrected chi connectivity index (χ4v) is 3.69. The number of carbonyl (C=O) groups excluding carboxylic acids is 3. The predicted molar refractivity (Wildman–Crippen MR) is 123 cm³/mol. The van der Waals surface area contributed by atoms with Crippen molar-refractivity contribution in [3.05, 3.63) is 99.8 Å². The molecule has 0 saturated carbocycles. The molecule has 1 N–H and O–H groups in total. The van der Waals surface area contributed by atoms with Crippen LogP contribution in [0.1, 0.15) is 16.7 Å². The van der Waals surface area contributed by atoms with Crippen LogP contribution >= 0.6 is 11.6 Å². The number of amides is 4. The minimum absolute atomic E-state index is 0.219. The lowest BCUT2D eigenvalue weighted by Gasteiger charge is -2.26. The minimum atomic E-state index is -0.842. The van der Waals surface area contributed by atoms with Crippen LogP contribution in [0.15, 0.2) is 72.3 Å². The monoisotopic (exact) mass is 464 g/mol. The van der Waals surface area contributed by atoms with Crippen LogP contribution in [-0.4, -0.2) is 25.0 Å². The van der Waals surface area contributed by atoms with Gasteiger partial charge in [-0.15, -0.1) is 0 Å². The normalized spacial score (nSPS) is 15.1. The Balaban J connectivity index is 1.62. The van der Waals surface area contributed by atoms with Gasteiger partial charge in [0.1, 0.15) is 17.1 Å². The number of carbonyl (C=O) groups is 3. The van der Waals surface area contributed by atoms with E-state index in [1.54, 1.807) is 48.5 Å². The van der Waals surface area contributed by atoms with Crippen LogP contribution in [0.5, 0.6) is 5.75 Å². The molecule has 0 unspecified atom stereocenters. The number of hydrogen-bond donors (Lipinski definition) is 1. The van der Waals surface area contributed by atoms with E-state index in [-0.39, 0.29) is 17.1 Å². The number of halogens is 2. The molecule has 0 radical (unpaired) electrons. The van der Waals surface area contributed by atoms with E-state index in [9.17, 15) is 18.8 Å². The van der Waals surface area contributed by atoms with Crippen molar-refractivity contribution in [1.29, 1.82) is 0 Å². The first-order valence-corrected chi connectivity index (χ1v) is 10.3. The average Bonchev–Trinajstić information content (AvgIpc) is 2.80. The maximum atomic E-state index is 14.0. The number of rotatable bonds is 5. The molecule has 0 atom stereocenters. The summed E-state index contributed by atoms with van der Waals surface area (Å²) in [5.74, 6) is -1.34. The van der Waals surface area contributed by atoms with E-state index in [4.69, 9.17) is 16.3 Å². The van der Waals surface area contributed by atoms with E-state index in [0.717, 1.165) is 4.90 Å². The van der Waals surface area contributed by atoms with Gasteiger partial charge in [0.25, 0.3) is 11.8 Å². The number of anilines is 1. The maximum absolute atomic E-state index is 14.0. The molecule has 3 aromatic rings. The van der Waals surface area contributed by atoms with E-state index in [1.807, 2.05) is 0 Å². The average molecular weight is 465 g/mol. The van der Waals surface area contributed by atoms with Gasteiger partial charge in [0, 0.05) is 11.4 Å². The number of benzene rings is 3. The van der Waals surface area contributed by atoms with Gasteiger partial charge in [0.15, 0.2) is 0 Å². The van der Waals surface area contributed by atoms with Crippen molar-refractivity contribution in [3.63, 3.8) is 0 Å². The molecule has 0 aromatic heterocycles. The van der Waals surface area contributed by atoms with E-state index >= 15 is 0 Å². The lowest BCUT2D eigenvalue weighted by molar-refractivity contribution is -0.122. The zero-order valence-electron chi connectivity index (χ0n) is 17.5. The van der Waals surface area contributed by atoms with E-state index < -0.39 is 17.8 Å². The summed E-state index contributed by atoms with van der Waals surface area (Å²) in [4.78, 5) is 38.6. The van der Waals surface area contributed by atoms with Gasteiger partial charge in [0.2, 0.25) is 0 Å². The van der Waals surface area contributed by atoms with Crippen molar-refractivity contribution in [2.45, 2.75) is 6.42 Å². The van der Waals surface area contributed by atoms with Crippen LogP contribution in [0.4, 0.5) is 14.9 Å². The Morgan fingerprint density at radius 3 is 2.39 bits per heavy atom. The van der Waals surface area contributed by atoms with E-state index in [2.05, 4.69) is 5.32 Å². The van der Waals surface area contributed by atoms with E-state index in [1.165, 1.54) is 31.4 Å². The van der Waals surface area contributed by atoms with Gasteiger partial charge in [-0.25, -0.2) is 14.1 Å². The first kappa shape index (κ1) is 22.2. The van der Waals surface area contributed by atoms with Gasteiger partial charge >= 0.3 is 6.03 Å². The number of imide groups is 2. The van der Waals surface area contributed by atoms with Gasteiger partial charge in [-0.2, -0.15) is 0 Å². The van der Waals surface area contributed by atoms with Gasteiger partial charge < -0.3 is 4.74 Å². The van der Waals surface area contributed by atoms with Crippen LogP contribution in [0.25, 0.3) is 6.08 Å². The third kappa shape index (κ3) is 4.63. The maximum Gasteiger partial charge on any atom is 0.335 e. The summed E-state index contributed by atoms with van der Waals surface area (Å²) in [6, 6.07) is 16.8. The number of nitrogens with zero attached hydrogens (tertiary/aromatic N) is 1. The number of methoxy groups -OCH3 is 1. The first-order valence-electron chi connectivity index (χ1n) is 9.94. The van der Waals surface area contributed by atoms with Gasteiger partial charge in [-0.3, -0.25) is 14.9 Å². The fraction of sp³-hybridized carbons (Fsp3) is 0.0800. The molecule has 0 bridgehead atoms. The Morgan fingerprint density at radius 1 is 1.00 bits per heavy atom. The summed E-state index contributed by atoms with van der Waals surface area (Å²) in [6.07, 6.45) is 1.65. The highest BCUT2D eigenvalue weighted by atomic mass is 35.5. The van der Waals surface area contributed by atoms with Gasteiger partial charge in [0.05, 0.1) is 12.8 Å². The van der Waals surface area contributed by atoms with Crippen molar-refractivity contribution in [2.24, 2.45) is 0 Å². The number of barbiturate groups is 1. The smallest absolute Gasteiger partial charge is 0.335 e. The third-order valence-corrected chi connectivity index (χ3v) is 5.51.